The van der Waals surface area contributed by atoms with Gasteiger partial charge in [0.1, 0.15) is 0 Å². The number of aromatic nitrogens is 3. The van der Waals surface area contributed by atoms with Crippen molar-refractivity contribution in [1.82, 2.24) is 15.0 Å². The van der Waals surface area contributed by atoms with Gasteiger partial charge in [-0.2, -0.15) is 0 Å². The van der Waals surface area contributed by atoms with E-state index in [-0.39, 0.29) is 0 Å². The molecular formula is C19H17N3O. The van der Waals surface area contributed by atoms with E-state index in [2.05, 4.69) is 16.4 Å². The first-order valence-electron chi connectivity index (χ1n) is 7.40. The van der Waals surface area contributed by atoms with Crippen LogP contribution >= 0.6 is 0 Å². The van der Waals surface area contributed by atoms with Crippen LogP contribution in [0, 0.1) is 13.8 Å². The van der Waals surface area contributed by atoms with Gasteiger partial charge < -0.3 is 0 Å². The summed E-state index contributed by atoms with van der Waals surface area (Å²) in [5.74, 6) is 0. The van der Waals surface area contributed by atoms with Crippen molar-refractivity contribution in [1.29, 1.82) is 0 Å². The molecule has 4 nitrogen and oxygen atoms in total. The highest BCUT2D eigenvalue weighted by Gasteiger charge is 2.13. The molecule has 0 spiro atoms. The zero-order valence-corrected chi connectivity index (χ0v) is 13.1. The second-order valence-corrected chi connectivity index (χ2v) is 5.42. The lowest BCUT2D eigenvalue weighted by atomic mass is 10.1. The highest BCUT2D eigenvalue weighted by atomic mass is 16.1. The van der Waals surface area contributed by atoms with Crippen molar-refractivity contribution in [3.05, 3.63) is 76.6 Å². The first-order valence-corrected chi connectivity index (χ1v) is 7.40. The van der Waals surface area contributed by atoms with Gasteiger partial charge in [0.2, 0.25) is 0 Å². The van der Waals surface area contributed by atoms with Gasteiger partial charge in [-0.25, -0.2) is 4.68 Å². The number of rotatable bonds is 4. The second kappa shape index (κ2) is 6.40. The Morgan fingerprint density at radius 2 is 1.78 bits per heavy atom. The van der Waals surface area contributed by atoms with Crippen LogP contribution in [0.25, 0.3) is 17.8 Å². The number of carbonyl (C=O) groups is 1. The van der Waals surface area contributed by atoms with E-state index in [9.17, 15) is 4.79 Å². The van der Waals surface area contributed by atoms with E-state index in [0.29, 0.717) is 11.4 Å². The molecule has 0 aliphatic carbocycles. The maximum absolute atomic E-state index is 11.3. The lowest BCUT2D eigenvalue weighted by Crippen LogP contribution is -2.02. The van der Waals surface area contributed by atoms with E-state index in [1.165, 1.54) is 0 Å². The molecular weight excluding hydrogens is 286 g/mol. The third-order valence-corrected chi connectivity index (χ3v) is 3.67. The van der Waals surface area contributed by atoms with E-state index >= 15 is 0 Å². The van der Waals surface area contributed by atoms with Crippen LogP contribution in [0.4, 0.5) is 0 Å². The van der Waals surface area contributed by atoms with E-state index in [4.69, 9.17) is 0 Å². The molecule has 3 aromatic rings. The van der Waals surface area contributed by atoms with Crippen LogP contribution < -0.4 is 0 Å². The summed E-state index contributed by atoms with van der Waals surface area (Å²) >= 11 is 0. The molecule has 0 N–H and O–H groups in total. The quantitative estimate of drug-likeness (QED) is 0.687. The first kappa shape index (κ1) is 14.9. The average Bonchev–Trinajstić information content (AvgIpc) is 2.99. The fourth-order valence-electron chi connectivity index (χ4n) is 2.41. The minimum atomic E-state index is 0.332. The number of hydrogen-bond acceptors (Lipinski definition) is 3. The molecule has 0 amide bonds. The topological polar surface area (TPSA) is 47.8 Å². The third kappa shape index (κ3) is 3.11. The maximum Gasteiger partial charge on any atom is 0.172 e. The molecule has 23 heavy (non-hydrogen) atoms. The average molecular weight is 303 g/mol. The molecule has 0 unspecified atom stereocenters. The third-order valence-electron chi connectivity index (χ3n) is 3.67. The van der Waals surface area contributed by atoms with Crippen molar-refractivity contribution in [3.63, 3.8) is 0 Å². The molecule has 0 aliphatic rings. The minimum Gasteiger partial charge on any atom is -0.296 e. The SMILES string of the molecule is Cc1ccc(C)c(-n2nnc(C=O)c2/C=C/c2ccccc2)c1. The van der Waals surface area contributed by atoms with Crippen LogP contribution in [0.5, 0.6) is 0 Å². The van der Waals surface area contributed by atoms with Gasteiger partial charge in [-0.05, 0) is 42.7 Å². The van der Waals surface area contributed by atoms with Gasteiger partial charge in [0.15, 0.2) is 12.0 Å². The predicted octanol–water partition coefficient (Wildman–Crippen LogP) is 3.87. The van der Waals surface area contributed by atoms with Gasteiger partial charge in [-0.3, -0.25) is 4.79 Å². The summed E-state index contributed by atoms with van der Waals surface area (Å²) in [6.07, 6.45) is 4.56. The van der Waals surface area contributed by atoms with Crippen molar-refractivity contribution in [3.8, 4) is 5.69 Å². The van der Waals surface area contributed by atoms with E-state index < -0.39 is 0 Å². The molecule has 1 aromatic heterocycles. The lowest BCUT2D eigenvalue weighted by Gasteiger charge is -2.08. The normalized spacial score (nSPS) is 11.0. The molecule has 0 radical (unpaired) electrons. The zero-order valence-electron chi connectivity index (χ0n) is 13.1. The number of aryl methyl sites for hydroxylation is 2. The molecule has 0 atom stereocenters. The molecule has 0 saturated heterocycles. The number of nitrogens with zero attached hydrogens (tertiary/aromatic N) is 3. The Kier molecular flexibility index (Phi) is 4.15. The molecule has 114 valence electrons. The maximum atomic E-state index is 11.3. The Balaban J connectivity index is 2.09. The van der Waals surface area contributed by atoms with Crippen molar-refractivity contribution in [2.75, 3.05) is 0 Å². The summed E-state index contributed by atoms with van der Waals surface area (Å²) in [5.41, 5.74) is 5.20. The standard InChI is InChI=1S/C19H17N3O/c1-14-8-9-15(2)19(12-14)22-18(17(13-23)20-21-22)11-10-16-6-4-3-5-7-16/h3-13H,1-2H3/b11-10+. The predicted molar refractivity (Wildman–Crippen MR) is 91.6 cm³/mol. The van der Waals surface area contributed by atoms with Crippen LogP contribution in [-0.4, -0.2) is 21.3 Å². The summed E-state index contributed by atoms with van der Waals surface area (Å²) in [4.78, 5) is 11.3. The lowest BCUT2D eigenvalue weighted by molar-refractivity contribution is 0.111. The van der Waals surface area contributed by atoms with Crippen LogP contribution in [0.15, 0.2) is 48.5 Å². The largest absolute Gasteiger partial charge is 0.296 e. The number of hydrogen-bond donors (Lipinski definition) is 0. The molecule has 0 aliphatic heterocycles. The molecule has 1 heterocycles. The van der Waals surface area contributed by atoms with E-state index in [0.717, 1.165) is 28.7 Å². The molecule has 4 heteroatoms. The van der Waals surface area contributed by atoms with Gasteiger partial charge in [0, 0.05) is 0 Å². The number of aldehydes is 1. The van der Waals surface area contributed by atoms with Crippen LogP contribution in [0.3, 0.4) is 0 Å². The summed E-state index contributed by atoms with van der Waals surface area (Å²) in [7, 11) is 0. The molecule has 3 rings (SSSR count). The minimum absolute atomic E-state index is 0.332. The van der Waals surface area contributed by atoms with Gasteiger partial charge in [0.25, 0.3) is 0 Å². The summed E-state index contributed by atoms with van der Waals surface area (Å²) in [6.45, 7) is 4.04. The highest BCUT2D eigenvalue weighted by Crippen LogP contribution is 2.19. The Hall–Kier alpha value is -3.01. The van der Waals surface area contributed by atoms with Crippen LogP contribution in [0.1, 0.15) is 32.9 Å². The monoisotopic (exact) mass is 303 g/mol. The molecule has 0 fully saturated rings. The fourth-order valence-corrected chi connectivity index (χ4v) is 2.41. The summed E-state index contributed by atoms with van der Waals surface area (Å²) in [5, 5.41) is 8.14. The number of carbonyl (C=O) groups excluding carboxylic acids is 1. The van der Waals surface area contributed by atoms with Gasteiger partial charge in [-0.1, -0.05) is 53.8 Å². The zero-order chi connectivity index (χ0) is 16.2. The van der Waals surface area contributed by atoms with Gasteiger partial charge in [0.05, 0.1) is 11.4 Å². The summed E-state index contributed by atoms with van der Waals surface area (Å²) < 4.78 is 1.71. The van der Waals surface area contributed by atoms with Crippen molar-refractivity contribution >= 4 is 18.4 Å². The number of benzene rings is 2. The second-order valence-electron chi connectivity index (χ2n) is 5.42. The van der Waals surface area contributed by atoms with Crippen LogP contribution in [0.2, 0.25) is 0 Å². The molecule has 2 aromatic carbocycles. The Bertz CT molecular complexity index is 864. The Labute approximate surface area is 135 Å². The molecule has 0 bridgehead atoms. The van der Waals surface area contributed by atoms with Gasteiger partial charge >= 0.3 is 0 Å². The highest BCUT2D eigenvalue weighted by molar-refractivity contribution is 5.82. The Morgan fingerprint density at radius 3 is 2.52 bits per heavy atom. The smallest absolute Gasteiger partial charge is 0.172 e. The van der Waals surface area contributed by atoms with E-state index in [1.54, 1.807) is 4.68 Å². The van der Waals surface area contributed by atoms with Crippen molar-refractivity contribution in [2.45, 2.75) is 13.8 Å². The van der Waals surface area contributed by atoms with Gasteiger partial charge in [-0.15, -0.1) is 5.10 Å². The summed E-state index contributed by atoms with van der Waals surface area (Å²) in [6, 6.07) is 16.1. The van der Waals surface area contributed by atoms with Crippen molar-refractivity contribution < 1.29 is 4.79 Å². The van der Waals surface area contributed by atoms with Crippen LogP contribution in [-0.2, 0) is 0 Å². The van der Waals surface area contributed by atoms with Crippen molar-refractivity contribution in [2.24, 2.45) is 0 Å². The van der Waals surface area contributed by atoms with E-state index in [1.807, 2.05) is 68.5 Å². The fraction of sp³-hybridized carbons (Fsp3) is 0.105. The first-order chi connectivity index (χ1) is 11.2. The Morgan fingerprint density at radius 1 is 1.00 bits per heavy atom. The molecule has 0 saturated carbocycles.